The summed E-state index contributed by atoms with van der Waals surface area (Å²) in [6.45, 7) is 5.21. The number of aryl methyl sites for hydroxylation is 1. The zero-order valence-electron chi connectivity index (χ0n) is 17.6. The van der Waals surface area contributed by atoms with E-state index in [4.69, 9.17) is 5.10 Å². The number of benzene rings is 1. The number of nitrogens with one attached hydrogen (secondary N) is 1. The summed E-state index contributed by atoms with van der Waals surface area (Å²) in [4.78, 5) is 17.0. The molecule has 0 unspecified atom stereocenters. The molecule has 0 radical (unpaired) electrons. The first-order chi connectivity index (χ1) is 14.2. The van der Waals surface area contributed by atoms with Crippen molar-refractivity contribution in [2.75, 3.05) is 5.32 Å². The molecular weight excluding hydrogens is 380 g/mol. The second kappa shape index (κ2) is 7.81. The van der Waals surface area contributed by atoms with E-state index >= 15 is 0 Å². The molecule has 4 rings (SSSR count). The molecule has 1 aromatic carbocycles. The van der Waals surface area contributed by atoms with E-state index in [2.05, 4.69) is 10.3 Å². The van der Waals surface area contributed by atoms with Crippen LogP contribution in [0.2, 0.25) is 0 Å². The summed E-state index contributed by atoms with van der Waals surface area (Å²) in [7, 11) is 0. The van der Waals surface area contributed by atoms with E-state index in [0.29, 0.717) is 16.9 Å². The number of aliphatic hydroxyl groups is 2. The first-order valence-electron chi connectivity index (χ1n) is 10.4. The lowest BCUT2D eigenvalue weighted by atomic mass is 9.93. The Kier molecular flexibility index (Phi) is 5.34. The molecule has 1 amide bonds. The highest BCUT2D eigenvalue weighted by molar-refractivity contribution is 6.04. The normalized spacial score (nSPS) is 19.8. The number of rotatable bonds is 4. The van der Waals surface area contributed by atoms with Gasteiger partial charge < -0.3 is 15.5 Å². The summed E-state index contributed by atoms with van der Waals surface area (Å²) in [5, 5.41) is 29.0. The fraction of sp³-hybridized carbons (Fsp3) is 0.435. The van der Waals surface area contributed by atoms with Gasteiger partial charge in [-0.25, -0.2) is 4.98 Å². The molecule has 1 aliphatic carbocycles. The average Bonchev–Trinajstić information content (AvgIpc) is 3.10. The van der Waals surface area contributed by atoms with E-state index in [1.165, 1.54) is 0 Å². The Hall–Kier alpha value is -2.77. The zero-order valence-corrected chi connectivity index (χ0v) is 17.6. The molecule has 1 fully saturated rings. The molecule has 2 heterocycles. The second-order valence-electron chi connectivity index (χ2n) is 8.71. The molecule has 0 aliphatic heterocycles. The fourth-order valence-electron chi connectivity index (χ4n) is 4.07. The van der Waals surface area contributed by atoms with Gasteiger partial charge in [0.1, 0.15) is 5.69 Å². The molecule has 0 saturated heterocycles. The smallest absolute Gasteiger partial charge is 0.274 e. The van der Waals surface area contributed by atoms with Crippen molar-refractivity contribution in [1.82, 2.24) is 14.8 Å². The van der Waals surface area contributed by atoms with Crippen LogP contribution in [0.3, 0.4) is 0 Å². The predicted molar refractivity (Wildman–Crippen MR) is 115 cm³/mol. The van der Waals surface area contributed by atoms with Crippen LogP contribution in [0.4, 0.5) is 5.69 Å². The Morgan fingerprint density at radius 2 is 1.93 bits per heavy atom. The summed E-state index contributed by atoms with van der Waals surface area (Å²) in [5.74, 6) is -0.322. The van der Waals surface area contributed by atoms with Gasteiger partial charge in [-0.2, -0.15) is 5.10 Å². The van der Waals surface area contributed by atoms with Crippen LogP contribution in [0.5, 0.6) is 0 Å². The lowest BCUT2D eigenvalue weighted by Crippen LogP contribution is -2.21. The molecule has 3 aromatic rings. The van der Waals surface area contributed by atoms with Gasteiger partial charge in [0, 0.05) is 28.5 Å². The SMILES string of the molecule is Cc1cccc(C(=O)Nc2cc3cn(C4CCC(O)CC4)nc3cc2C(C)(C)O)n1. The predicted octanol–water partition coefficient (Wildman–Crippen LogP) is 3.70. The van der Waals surface area contributed by atoms with Crippen LogP contribution in [0.25, 0.3) is 10.9 Å². The number of carbonyl (C=O) groups excluding carboxylic acids is 1. The zero-order chi connectivity index (χ0) is 21.5. The Balaban J connectivity index is 1.69. The topological polar surface area (TPSA) is 100 Å². The first kappa shape index (κ1) is 20.5. The van der Waals surface area contributed by atoms with Gasteiger partial charge >= 0.3 is 0 Å². The number of aromatic nitrogens is 3. The Bertz CT molecular complexity index is 1080. The van der Waals surface area contributed by atoms with Crippen molar-refractivity contribution in [3.05, 3.63) is 53.5 Å². The van der Waals surface area contributed by atoms with Crippen LogP contribution in [0, 0.1) is 6.92 Å². The summed E-state index contributed by atoms with van der Waals surface area (Å²) in [6, 6.07) is 9.24. The van der Waals surface area contributed by atoms with Crippen molar-refractivity contribution in [2.24, 2.45) is 0 Å². The maximum Gasteiger partial charge on any atom is 0.274 e. The third-order valence-electron chi connectivity index (χ3n) is 5.73. The Morgan fingerprint density at radius 1 is 1.20 bits per heavy atom. The van der Waals surface area contributed by atoms with Crippen molar-refractivity contribution in [2.45, 2.75) is 64.2 Å². The number of hydrogen-bond acceptors (Lipinski definition) is 5. The molecule has 0 atom stereocenters. The van der Waals surface area contributed by atoms with Gasteiger partial charge in [0.25, 0.3) is 5.91 Å². The lowest BCUT2D eigenvalue weighted by Gasteiger charge is -2.25. The number of amides is 1. The van der Waals surface area contributed by atoms with Gasteiger partial charge in [0.2, 0.25) is 0 Å². The van der Waals surface area contributed by atoms with Crippen molar-refractivity contribution in [3.63, 3.8) is 0 Å². The number of nitrogens with zero attached hydrogens (tertiary/aromatic N) is 3. The Labute approximate surface area is 175 Å². The van der Waals surface area contributed by atoms with Crippen LogP contribution >= 0.6 is 0 Å². The molecule has 7 heteroatoms. The average molecular weight is 409 g/mol. The van der Waals surface area contributed by atoms with Gasteiger partial charge in [-0.3, -0.25) is 9.48 Å². The monoisotopic (exact) mass is 408 g/mol. The summed E-state index contributed by atoms with van der Waals surface area (Å²) in [5.41, 5.74) is 1.84. The highest BCUT2D eigenvalue weighted by Crippen LogP contribution is 2.34. The molecule has 1 aliphatic rings. The van der Waals surface area contributed by atoms with Gasteiger partial charge in [0.05, 0.1) is 23.3 Å². The highest BCUT2D eigenvalue weighted by atomic mass is 16.3. The summed E-state index contributed by atoms with van der Waals surface area (Å²) in [6.07, 6.45) is 5.09. The molecule has 0 spiro atoms. The van der Waals surface area contributed by atoms with Gasteiger partial charge in [-0.15, -0.1) is 0 Å². The summed E-state index contributed by atoms with van der Waals surface area (Å²) < 4.78 is 1.96. The minimum Gasteiger partial charge on any atom is -0.393 e. The fourth-order valence-corrected chi connectivity index (χ4v) is 4.07. The van der Waals surface area contributed by atoms with Crippen LogP contribution in [-0.2, 0) is 5.60 Å². The highest BCUT2D eigenvalue weighted by Gasteiger charge is 2.25. The van der Waals surface area contributed by atoms with E-state index in [1.54, 1.807) is 26.0 Å². The molecule has 7 nitrogen and oxygen atoms in total. The number of hydrogen-bond donors (Lipinski definition) is 3. The maximum atomic E-state index is 12.8. The van der Waals surface area contributed by atoms with Crippen LogP contribution in [0.15, 0.2) is 36.5 Å². The number of pyridine rings is 1. The maximum absolute atomic E-state index is 12.8. The first-order valence-corrected chi connectivity index (χ1v) is 10.4. The molecule has 1 saturated carbocycles. The van der Waals surface area contributed by atoms with Crippen molar-refractivity contribution in [3.8, 4) is 0 Å². The van der Waals surface area contributed by atoms with E-state index in [9.17, 15) is 15.0 Å². The Morgan fingerprint density at radius 3 is 2.60 bits per heavy atom. The van der Waals surface area contributed by atoms with E-state index < -0.39 is 5.60 Å². The molecule has 30 heavy (non-hydrogen) atoms. The van der Waals surface area contributed by atoms with E-state index in [1.807, 2.05) is 36.0 Å². The van der Waals surface area contributed by atoms with Gasteiger partial charge in [0.15, 0.2) is 0 Å². The number of aliphatic hydroxyl groups excluding tert-OH is 1. The van der Waals surface area contributed by atoms with Crippen LogP contribution in [0.1, 0.15) is 67.3 Å². The molecule has 158 valence electrons. The van der Waals surface area contributed by atoms with E-state index in [-0.39, 0.29) is 18.1 Å². The van der Waals surface area contributed by atoms with Crippen LogP contribution < -0.4 is 5.32 Å². The van der Waals surface area contributed by atoms with Crippen molar-refractivity contribution < 1.29 is 15.0 Å². The number of carbonyl (C=O) groups is 1. The molecule has 0 bridgehead atoms. The van der Waals surface area contributed by atoms with Gasteiger partial charge in [-0.05, 0) is 70.7 Å². The van der Waals surface area contributed by atoms with E-state index in [0.717, 1.165) is 42.3 Å². The van der Waals surface area contributed by atoms with Gasteiger partial charge in [-0.1, -0.05) is 6.07 Å². The molecule has 2 aromatic heterocycles. The molecular formula is C23H28N4O3. The second-order valence-corrected chi connectivity index (χ2v) is 8.71. The summed E-state index contributed by atoms with van der Waals surface area (Å²) >= 11 is 0. The largest absolute Gasteiger partial charge is 0.393 e. The minimum atomic E-state index is -1.16. The molecule has 3 N–H and O–H groups in total. The minimum absolute atomic E-state index is 0.218. The lowest BCUT2D eigenvalue weighted by molar-refractivity contribution is 0.0793. The third-order valence-corrected chi connectivity index (χ3v) is 5.73. The van der Waals surface area contributed by atoms with Crippen LogP contribution in [-0.4, -0.2) is 37.0 Å². The quantitative estimate of drug-likeness (QED) is 0.611. The standard InChI is InChI=1S/C23H28N4O3/c1-14-5-4-6-19(24-14)22(29)25-21-11-15-13-27(16-7-9-17(28)10-8-16)26-20(15)12-18(21)23(2,3)30/h4-6,11-13,16-17,28,30H,7-10H2,1-3H3,(H,25,29). The van der Waals surface area contributed by atoms with Crippen molar-refractivity contribution >= 4 is 22.5 Å². The van der Waals surface area contributed by atoms with Crippen molar-refractivity contribution in [1.29, 1.82) is 0 Å². The third kappa shape index (κ3) is 4.22. The number of anilines is 1. The number of fused-ring (bicyclic) bond motifs is 1.